The number of ketones is 1. The number of halogens is 4. The van der Waals surface area contributed by atoms with Gasteiger partial charge in [-0.2, -0.15) is 8.78 Å². The zero-order valence-corrected chi connectivity index (χ0v) is 12.4. The SMILES string of the molecule is O=C(c1cc(Cl)c(Br)s1)c1ccccc1OC(F)F. The molecular formula is C12H6BrClF2O2S. The summed E-state index contributed by atoms with van der Waals surface area (Å²) in [4.78, 5) is 12.6. The number of hydrogen-bond acceptors (Lipinski definition) is 3. The molecule has 0 aliphatic rings. The molecule has 0 spiro atoms. The summed E-state index contributed by atoms with van der Waals surface area (Å²) in [5.74, 6) is -0.558. The number of carbonyl (C=O) groups excluding carboxylic acids is 1. The Kier molecular flexibility index (Phi) is 4.54. The first-order chi connectivity index (χ1) is 8.99. The standard InChI is InChI=1S/C12H6BrClF2O2S/c13-11-7(14)5-9(19-11)10(17)6-3-1-2-4-8(6)18-12(15)16/h1-5,12H. The smallest absolute Gasteiger partial charge is 0.387 e. The predicted octanol–water partition coefficient (Wildman–Crippen LogP) is 5.00. The highest BCUT2D eigenvalue weighted by Gasteiger charge is 2.19. The van der Waals surface area contributed by atoms with Gasteiger partial charge < -0.3 is 4.74 Å². The van der Waals surface area contributed by atoms with E-state index < -0.39 is 12.4 Å². The fourth-order valence-corrected chi connectivity index (χ4v) is 3.10. The lowest BCUT2D eigenvalue weighted by atomic mass is 10.1. The first-order valence-electron chi connectivity index (χ1n) is 5.02. The molecule has 0 atom stereocenters. The molecule has 2 aromatic rings. The summed E-state index contributed by atoms with van der Waals surface area (Å²) in [6.45, 7) is -2.98. The van der Waals surface area contributed by atoms with E-state index in [9.17, 15) is 13.6 Å². The number of hydrogen-bond donors (Lipinski definition) is 0. The molecule has 7 heteroatoms. The lowest BCUT2D eigenvalue weighted by Gasteiger charge is -2.08. The molecule has 0 fully saturated rings. The summed E-state index contributed by atoms with van der Waals surface area (Å²) in [6.07, 6.45) is 0. The van der Waals surface area contributed by atoms with Gasteiger partial charge in [-0.3, -0.25) is 4.79 Å². The molecule has 0 amide bonds. The molecule has 2 nitrogen and oxygen atoms in total. The van der Waals surface area contributed by atoms with Crippen molar-refractivity contribution in [3.63, 3.8) is 0 Å². The van der Waals surface area contributed by atoms with Crippen LogP contribution in [0.15, 0.2) is 34.1 Å². The Balaban J connectivity index is 2.38. The van der Waals surface area contributed by atoms with Gasteiger partial charge in [0.2, 0.25) is 5.78 Å². The average Bonchev–Trinajstić information content (AvgIpc) is 2.69. The van der Waals surface area contributed by atoms with Gasteiger partial charge in [0.25, 0.3) is 0 Å². The second-order valence-corrected chi connectivity index (χ2v) is 6.21. The quantitative estimate of drug-likeness (QED) is 0.711. The van der Waals surface area contributed by atoms with Crippen molar-refractivity contribution < 1.29 is 18.3 Å². The summed E-state index contributed by atoms with van der Waals surface area (Å²) in [7, 11) is 0. The Morgan fingerprint density at radius 3 is 2.63 bits per heavy atom. The molecule has 0 saturated carbocycles. The van der Waals surface area contributed by atoms with Crippen molar-refractivity contribution in [2.75, 3.05) is 0 Å². The van der Waals surface area contributed by atoms with E-state index in [0.29, 0.717) is 13.7 Å². The molecule has 2 rings (SSSR count). The summed E-state index contributed by atoms with van der Waals surface area (Å²) >= 11 is 10.2. The van der Waals surface area contributed by atoms with E-state index in [1.54, 1.807) is 6.07 Å². The summed E-state index contributed by atoms with van der Waals surface area (Å²) in [5, 5.41) is 0.403. The maximum Gasteiger partial charge on any atom is 0.387 e. The number of para-hydroxylation sites is 1. The van der Waals surface area contributed by atoms with Crippen LogP contribution in [0.2, 0.25) is 5.02 Å². The minimum atomic E-state index is -2.98. The molecule has 0 unspecified atom stereocenters. The summed E-state index contributed by atoms with van der Waals surface area (Å²) < 4.78 is 29.5. The Hall–Kier alpha value is -0.980. The minimum absolute atomic E-state index is 0.0771. The lowest BCUT2D eigenvalue weighted by Crippen LogP contribution is -2.07. The van der Waals surface area contributed by atoms with E-state index in [1.165, 1.54) is 24.3 Å². The van der Waals surface area contributed by atoms with Gasteiger partial charge in [0.1, 0.15) is 5.75 Å². The van der Waals surface area contributed by atoms with E-state index in [4.69, 9.17) is 11.6 Å². The Bertz CT molecular complexity index is 596. The van der Waals surface area contributed by atoms with E-state index in [2.05, 4.69) is 20.7 Å². The van der Waals surface area contributed by atoms with Crippen LogP contribution in [0.1, 0.15) is 15.2 Å². The van der Waals surface area contributed by atoms with E-state index in [1.807, 2.05) is 0 Å². The van der Waals surface area contributed by atoms with Crippen molar-refractivity contribution in [1.29, 1.82) is 0 Å². The normalized spacial score (nSPS) is 10.8. The van der Waals surface area contributed by atoms with Gasteiger partial charge in [-0.15, -0.1) is 11.3 Å². The molecule has 100 valence electrons. The highest BCUT2D eigenvalue weighted by atomic mass is 79.9. The van der Waals surface area contributed by atoms with E-state index in [-0.39, 0.29) is 11.3 Å². The van der Waals surface area contributed by atoms with Gasteiger partial charge >= 0.3 is 6.61 Å². The average molecular weight is 368 g/mol. The molecule has 19 heavy (non-hydrogen) atoms. The molecule has 0 saturated heterocycles. The van der Waals surface area contributed by atoms with Crippen LogP contribution in [0.25, 0.3) is 0 Å². The summed E-state index contributed by atoms with van der Waals surface area (Å²) in [6, 6.07) is 7.34. The molecule has 0 aliphatic carbocycles. The van der Waals surface area contributed by atoms with Crippen molar-refractivity contribution in [1.82, 2.24) is 0 Å². The molecule has 0 bridgehead atoms. The predicted molar refractivity (Wildman–Crippen MR) is 73.5 cm³/mol. The molecule has 0 aliphatic heterocycles. The van der Waals surface area contributed by atoms with Crippen LogP contribution in [0.5, 0.6) is 5.75 Å². The molecule has 0 radical (unpaired) electrons. The molecule has 1 aromatic carbocycles. The van der Waals surface area contributed by atoms with Crippen molar-refractivity contribution in [2.45, 2.75) is 6.61 Å². The maximum absolute atomic E-state index is 12.3. The minimum Gasteiger partial charge on any atom is -0.434 e. The zero-order valence-electron chi connectivity index (χ0n) is 9.20. The van der Waals surface area contributed by atoms with Crippen LogP contribution in [0.4, 0.5) is 8.78 Å². The second kappa shape index (κ2) is 5.98. The number of carbonyl (C=O) groups is 1. The second-order valence-electron chi connectivity index (χ2n) is 3.44. The summed E-state index contributed by atoms with van der Waals surface area (Å²) in [5.41, 5.74) is 0.0771. The van der Waals surface area contributed by atoms with Crippen LogP contribution < -0.4 is 4.74 Å². The first kappa shape index (κ1) is 14.4. The van der Waals surface area contributed by atoms with Gasteiger partial charge in [-0.25, -0.2) is 0 Å². The van der Waals surface area contributed by atoms with Gasteiger partial charge in [0.05, 0.1) is 19.2 Å². The number of benzene rings is 1. The van der Waals surface area contributed by atoms with Gasteiger partial charge in [-0.1, -0.05) is 23.7 Å². The lowest BCUT2D eigenvalue weighted by molar-refractivity contribution is -0.0501. The topological polar surface area (TPSA) is 26.3 Å². The number of alkyl halides is 2. The van der Waals surface area contributed by atoms with Crippen molar-refractivity contribution in [3.8, 4) is 5.75 Å². The van der Waals surface area contributed by atoms with Crippen LogP contribution in [0, 0.1) is 0 Å². The fraction of sp³-hybridized carbons (Fsp3) is 0.0833. The molecular weight excluding hydrogens is 362 g/mol. The largest absolute Gasteiger partial charge is 0.434 e. The first-order valence-corrected chi connectivity index (χ1v) is 7.01. The van der Waals surface area contributed by atoms with Gasteiger partial charge in [-0.05, 0) is 34.1 Å². The Labute approximate surface area is 125 Å². The molecule has 1 heterocycles. The van der Waals surface area contributed by atoms with Crippen LogP contribution in [-0.2, 0) is 0 Å². The van der Waals surface area contributed by atoms with Crippen LogP contribution >= 0.6 is 38.9 Å². The third-order valence-electron chi connectivity index (χ3n) is 2.22. The van der Waals surface area contributed by atoms with Crippen molar-refractivity contribution >= 4 is 44.7 Å². The van der Waals surface area contributed by atoms with Gasteiger partial charge in [0.15, 0.2) is 0 Å². The van der Waals surface area contributed by atoms with Crippen molar-refractivity contribution in [3.05, 3.63) is 49.6 Å². The number of rotatable bonds is 4. The monoisotopic (exact) mass is 366 g/mol. The molecule has 0 N–H and O–H groups in total. The highest BCUT2D eigenvalue weighted by Crippen LogP contribution is 2.34. The fourth-order valence-electron chi connectivity index (χ4n) is 1.44. The highest BCUT2D eigenvalue weighted by molar-refractivity contribution is 9.11. The zero-order chi connectivity index (χ0) is 14.0. The Morgan fingerprint density at radius 1 is 1.37 bits per heavy atom. The van der Waals surface area contributed by atoms with Gasteiger partial charge in [0, 0.05) is 0 Å². The Morgan fingerprint density at radius 2 is 2.05 bits per heavy atom. The maximum atomic E-state index is 12.3. The number of thiophene rings is 1. The third kappa shape index (κ3) is 3.32. The molecule has 1 aromatic heterocycles. The van der Waals surface area contributed by atoms with Crippen LogP contribution in [0.3, 0.4) is 0 Å². The number of ether oxygens (including phenoxy) is 1. The van der Waals surface area contributed by atoms with Crippen molar-refractivity contribution in [2.24, 2.45) is 0 Å². The van der Waals surface area contributed by atoms with Crippen LogP contribution in [-0.4, -0.2) is 12.4 Å². The van der Waals surface area contributed by atoms with E-state index >= 15 is 0 Å². The van der Waals surface area contributed by atoms with E-state index in [0.717, 1.165) is 11.3 Å². The third-order valence-corrected chi connectivity index (χ3v) is 4.69.